The van der Waals surface area contributed by atoms with Gasteiger partial charge in [-0.1, -0.05) is 77.4 Å². The third-order valence-electron chi connectivity index (χ3n) is 4.26. The number of nitrogens with one attached hydrogen (secondary N) is 1. The van der Waals surface area contributed by atoms with Gasteiger partial charge in [-0.15, -0.1) is 0 Å². The first-order chi connectivity index (χ1) is 14.7. The van der Waals surface area contributed by atoms with Gasteiger partial charge in [0.2, 0.25) is 0 Å². The van der Waals surface area contributed by atoms with Crippen LogP contribution in [-0.4, -0.2) is 19.6 Å². The molecule has 0 aromatic heterocycles. The van der Waals surface area contributed by atoms with Crippen LogP contribution in [0, 0.1) is 6.92 Å². The number of rotatable bonds is 7. The lowest BCUT2D eigenvalue weighted by atomic mass is 9.99. The minimum absolute atomic E-state index is 0.132. The van der Waals surface area contributed by atoms with Crippen LogP contribution in [0.2, 0.25) is 0 Å². The monoisotopic (exact) mass is 448 g/mol. The van der Waals surface area contributed by atoms with Crippen molar-refractivity contribution in [2.75, 3.05) is 4.72 Å². The molecule has 0 atom stereocenters. The summed E-state index contributed by atoms with van der Waals surface area (Å²) in [6.45, 7) is 1.87. The van der Waals surface area contributed by atoms with Crippen LogP contribution in [0.15, 0.2) is 84.0 Å². The van der Waals surface area contributed by atoms with E-state index in [1.54, 1.807) is 48.0 Å². The summed E-state index contributed by atoms with van der Waals surface area (Å²) in [6, 6.07) is 22.2. The highest BCUT2D eigenvalue weighted by molar-refractivity contribution is 7.93. The fraction of sp³-hybridized carbons (Fsp3) is 0.136. The topological polar surface area (TPSA) is 67.8 Å². The number of benzene rings is 3. The molecule has 0 saturated heterocycles. The van der Waals surface area contributed by atoms with Gasteiger partial charge in [0.25, 0.3) is 0 Å². The van der Waals surface area contributed by atoms with E-state index in [2.05, 4.69) is 5.16 Å². The van der Waals surface area contributed by atoms with Gasteiger partial charge in [-0.25, -0.2) is 0 Å². The average molecular weight is 448 g/mol. The Hall–Kier alpha value is -3.33. The molecular formula is C22H19F3N2O3S. The fourth-order valence-corrected chi connectivity index (χ4v) is 3.33. The van der Waals surface area contributed by atoms with E-state index in [0.717, 1.165) is 5.56 Å². The molecule has 31 heavy (non-hydrogen) atoms. The van der Waals surface area contributed by atoms with Crippen LogP contribution in [0.3, 0.4) is 0 Å². The second-order valence-electron chi connectivity index (χ2n) is 6.67. The molecule has 0 spiro atoms. The molecule has 1 N–H and O–H groups in total. The van der Waals surface area contributed by atoms with Crippen molar-refractivity contribution in [3.8, 4) is 0 Å². The van der Waals surface area contributed by atoms with Crippen molar-refractivity contribution in [2.45, 2.75) is 19.0 Å². The molecule has 5 nitrogen and oxygen atoms in total. The van der Waals surface area contributed by atoms with Gasteiger partial charge in [-0.05, 0) is 24.6 Å². The Labute approximate surface area is 178 Å². The summed E-state index contributed by atoms with van der Waals surface area (Å²) in [4.78, 5) is 5.47. The minimum atomic E-state index is -5.61. The van der Waals surface area contributed by atoms with E-state index in [9.17, 15) is 21.6 Å². The third-order valence-corrected chi connectivity index (χ3v) is 5.35. The first kappa shape index (κ1) is 22.4. The number of sulfonamides is 1. The first-order valence-corrected chi connectivity index (χ1v) is 10.6. The standard InChI is InChI=1S/C22H19F3N2O3S/c1-16-12-13-20(27-31(28,29)22(23,24)25)19(14-16)21(18-10-6-3-7-11-18)26-30-15-17-8-4-2-5-9-17/h2-14,27H,15H2,1H3/b26-21+. The van der Waals surface area contributed by atoms with E-state index in [-0.39, 0.29) is 23.6 Å². The predicted molar refractivity (Wildman–Crippen MR) is 113 cm³/mol. The second kappa shape index (κ2) is 9.22. The van der Waals surface area contributed by atoms with Crippen molar-refractivity contribution in [2.24, 2.45) is 5.16 Å². The largest absolute Gasteiger partial charge is 0.516 e. The number of oxime groups is 1. The highest BCUT2D eigenvalue weighted by Crippen LogP contribution is 2.29. The summed E-state index contributed by atoms with van der Waals surface area (Å²) < 4.78 is 63.9. The van der Waals surface area contributed by atoms with Crippen LogP contribution in [-0.2, 0) is 21.5 Å². The Balaban J connectivity index is 2.04. The van der Waals surface area contributed by atoms with E-state index < -0.39 is 15.5 Å². The van der Waals surface area contributed by atoms with Crippen molar-refractivity contribution in [1.82, 2.24) is 0 Å². The SMILES string of the molecule is Cc1ccc(NS(=O)(=O)C(F)(F)F)c(/C(=N/OCc2ccccc2)c2ccccc2)c1. The highest BCUT2D eigenvalue weighted by atomic mass is 32.2. The fourth-order valence-electron chi connectivity index (χ4n) is 2.74. The van der Waals surface area contributed by atoms with Gasteiger partial charge in [0.1, 0.15) is 12.3 Å². The van der Waals surface area contributed by atoms with Gasteiger partial charge in [0.15, 0.2) is 0 Å². The molecular weight excluding hydrogens is 429 g/mol. The molecule has 0 aliphatic rings. The molecule has 0 heterocycles. The minimum Gasteiger partial charge on any atom is -0.390 e. The maximum atomic E-state index is 12.9. The van der Waals surface area contributed by atoms with Gasteiger partial charge < -0.3 is 4.84 Å². The van der Waals surface area contributed by atoms with Crippen LogP contribution < -0.4 is 4.72 Å². The smallest absolute Gasteiger partial charge is 0.390 e. The second-order valence-corrected chi connectivity index (χ2v) is 8.34. The Kier molecular flexibility index (Phi) is 6.65. The van der Waals surface area contributed by atoms with E-state index >= 15 is 0 Å². The normalized spacial score (nSPS) is 12.5. The van der Waals surface area contributed by atoms with Crippen molar-refractivity contribution < 1.29 is 26.4 Å². The lowest BCUT2D eigenvalue weighted by Crippen LogP contribution is -2.30. The number of nitrogens with zero attached hydrogens (tertiary/aromatic N) is 1. The average Bonchev–Trinajstić information content (AvgIpc) is 2.73. The Bertz CT molecular complexity index is 1160. The van der Waals surface area contributed by atoms with Crippen LogP contribution >= 0.6 is 0 Å². The van der Waals surface area contributed by atoms with E-state index in [0.29, 0.717) is 11.1 Å². The number of alkyl halides is 3. The van der Waals surface area contributed by atoms with Crippen molar-refractivity contribution >= 4 is 21.4 Å². The van der Waals surface area contributed by atoms with E-state index in [1.807, 2.05) is 30.3 Å². The quantitative estimate of drug-likeness (QED) is 0.398. The first-order valence-electron chi connectivity index (χ1n) is 9.17. The van der Waals surface area contributed by atoms with Gasteiger partial charge in [-0.3, -0.25) is 4.72 Å². The number of halogens is 3. The van der Waals surface area contributed by atoms with Gasteiger partial charge in [-0.2, -0.15) is 21.6 Å². The molecule has 0 aliphatic carbocycles. The summed E-state index contributed by atoms with van der Waals surface area (Å²) in [5, 5.41) is 4.15. The van der Waals surface area contributed by atoms with Gasteiger partial charge in [0, 0.05) is 11.1 Å². The summed E-state index contributed by atoms with van der Waals surface area (Å²) in [5.41, 5.74) is -3.25. The molecule has 3 aromatic carbocycles. The molecule has 0 aliphatic heterocycles. The molecule has 0 saturated carbocycles. The predicted octanol–water partition coefficient (Wildman–Crippen LogP) is 5.23. The number of anilines is 1. The van der Waals surface area contributed by atoms with Crippen LogP contribution in [0.1, 0.15) is 22.3 Å². The van der Waals surface area contributed by atoms with Crippen molar-refractivity contribution in [3.05, 3.63) is 101 Å². The molecule has 0 fully saturated rings. The summed E-state index contributed by atoms with van der Waals surface area (Å²) >= 11 is 0. The summed E-state index contributed by atoms with van der Waals surface area (Å²) in [6.07, 6.45) is 0. The zero-order valence-corrected chi connectivity index (χ0v) is 17.2. The van der Waals surface area contributed by atoms with Gasteiger partial charge >= 0.3 is 15.5 Å². The lowest BCUT2D eigenvalue weighted by molar-refractivity contribution is -0.0429. The van der Waals surface area contributed by atoms with E-state index in [1.165, 1.54) is 12.1 Å². The molecule has 0 radical (unpaired) electrons. The number of hydrogen-bond donors (Lipinski definition) is 1. The molecule has 9 heteroatoms. The Morgan fingerprint density at radius 3 is 2.19 bits per heavy atom. The summed E-state index contributed by atoms with van der Waals surface area (Å²) in [7, 11) is -5.61. The highest BCUT2D eigenvalue weighted by Gasteiger charge is 2.46. The van der Waals surface area contributed by atoms with Crippen LogP contribution in [0.25, 0.3) is 0 Å². The molecule has 0 unspecified atom stereocenters. The summed E-state index contributed by atoms with van der Waals surface area (Å²) in [5.74, 6) is 0. The lowest BCUT2D eigenvalue weighted by Gasteiger charge is -2.16. The third kappa shape index (κ3) is 5.64. The molecule has 3 aromatic rings. The van der Waals surface area contributed by atoms with Gasteiger partial charge in [0.05, 0.1) is 5.69 Å². The zero-order chi connectivity index (χ0) is 22.5. The molecule has 162 valence electrons. The van der Waals surface area contributed by atoms with Crippen LogP contribution in [0.4, 0.5) is 18.9 Å². The van der Waals surface area contributed by atoms with E-state index in [4.69, 9.17) is 4.84 Å². The zero-order valence-electron chi connectivity index (χ0n) is 16.4. The number of hydrogen-bond acceptors (Lipinski definition) is 4. The van der Waals surface area contributed by atoms with Crippen LogP contribution in [0.5, 0.6) is 0 Å². The molecule has 0 bridgehead atoms. The maximum Gasteiger partial charge on any atom is 0.516 e. The van der Waals surface area contributed by atoms with Crippen molar-refractivity contribution in [3.63, 3.8) is 0 Å². The number of aryl methyl sites for hydroxylation is 1. The molecule has 0 amide bonds. The maximum absolute atomic E-state index is 12.9. The molecule has 3 rings (SSSR count). The Morgan fingerprint density at radius 1 is 0.968 bits per heavy atom. The van der Waals surface area contributed by atoms with Crippen molar-refractivity contribution in [1.29, 1.82) is 0 Å². The Morgan fingerprint density at radius 2 is 1.58 bits per heavy atom.